The lowest BCUT2D eigenvalue weighted by Gasteiger charge is -2.39. The van der Waals surface area contributed by atoms with Crippen molar-refractivity contribution in [3.05, 3.63) is 113 Å². The first-order valence-corrected chi connectivity index (χ1v) is 15.5. The number of fused-ring (bicyclic) bond motifs is 4. The highest BCUT2D eigenvalue weighted by atomic mass is 28.3. The monoisotopic (exact) mass is 512 g/mol. The van der Waals surface area contributed by atoms with Crippen LogP contribution in [0.25, 0.3) is 11.1 Å². The summed E-state index contributed by atoms with van der Waals surface area (Å²) in [5.41, 5.74) is 10.3. The maximum absolute atomic E-state index is 12.4. The predicted molar refractivity (Wildman–Crippen MR) is 158 cm³/mol. The number of hydrogen-bond donors (Lipinski definition) is 0. The van der Waals surface area contributed by atoms with Crippen LogP contribution in [0.1, 0.15) is 60.7 Å². The standard InChI is InChI=1S/C35H32O2Si/c1-35(2,3)38(28-12-6-4-7-13-28,29-14-8-5-9-15-29)20-19-25-17-18-30-27(21-25)24-37-34-23-31-26(22-32(30)34)11-10-16-33(31)36/h4-9,12-15,17-18,21-23H,10-11,16,24H2,1-3H3. The molecule has 2 aliphatic rings. The first-order chi connectivity index (χ1) is 18.4. The highest BCUT2D eigenvalue weighted by Gasteiger charge is 2.47. The van der Waals surface area contributed by atoms with Crippen LogP contribution in [0.4, 0.5) is 0 Å². The lowest BCUT2D eigenvalue weighted by atomic mass is 9.86. The van der Waals surface area contributed by atoms with Gasteiger partial charge in [0.2, 0.25) is 8.07 Å². The summed E-state index contributed by atoms with van der Waals surface area (Å²) in [6.07, 6.45) is 2.51. The SMILES string of the molecule is CC(C)(C)[Si](C#Cc1ccc2c(c1)COc1cc3c(cc1-2)CCCC3=O)(c1ccccc1)c1ccccc1. The van der Waals surface area contributed by atoms with Gasteiger partial charge in [-0.1, -0.05) is 93.4 Å². The van der Waals surface area contributed by atoms with Crippen molar-refractivity contribution in [3.63, 3.8) is 0 Å². The Hall–Kier alpha value is -3.87. The molecule has 1 heterocycles. The van der Waals surface area contributed by atoms with E-state index in [1.807, 2.05) is 6.07 Å². The molecule has 0 amide bonds. The van der Waals surface area contributed by atoms with Crippen LogP contribution in [0, 0.1) is 11.5 Å². The quantitative estimate of drug-likeness (QED) is 0.220. The van der Waals surface area contributed by atoms with Crippen LogP contribution < -0.4 is 15.1 Å². The fourth-order valence-electron chi connectivity index (χ4n) is 6.11. The zero-order chi connectivity index (χ0) is 26.3. The number of ether oxygens (including phenoxy) is 1. The molecule has 1 aliphatic heterocycles. The average Bonchev–Trinajstić information content (AvgIpc) is 2.93. The minimum atomic E-state index is -2.47. The predicted octanol–water partition coefficient (Wildman–Crippen LogP) is 6.72. The molecule has 0 unspecified atom stereocenters. The van der Waals surface area contributed by atoms with Gasteiger partial charge < -0.3 is 4.74 Å². The molecule has 2 nitrogen and oxygen atoms in total. The zero-order valence-electron chi connectivity index (χ0n) is 22.3. The van der Waals surface area contributed by atoms with Crippen LogP contribution >= 0.6 is 0 Å². The molecule has 0 saturated heterocycles. The normalized spacial score (nSPS) is 14.3. The van der Waals surface area contributed by atoms with E-state index in [0.717, 1.165) is 46.4 Å². The largest absolute Gasteiger partial charge is 0.488 e. The van der Waals surface area contributed by atoms with E-state index in [0.29, 0.717) is 13.0 Å². The molecule has 38 heavy (non-hydrogen) atoms. The summed E-state index contributed by atoms with van der Waals surface area (Å²) >= 11 is 0. The molecule has 0 fully saturated rings. The van der Waals surface area contributed by atoms with Gasteiger partial charge in [-0.05, 0) is 69.2 Å². The van der Waals surface area contributed by atoms with E-state index < -0.39 is 8.07 Å². The number of carbonyl (C=O) groups excluding carboxylic acids is 1. The summed E-state index contributed by atoms with van der Waals surface area (Å²) in [6, 6.07) is 32.4. The summed E-state index contributed by atoms with van der Waals surface area (Å²) in [4.78, 5) is 12.4. The van der Waals surface area contributed by atoms with Crippen molar-refractivity contribution in [2.45, 2.75) is 51.7 Å². The minimum absolute atomic E-state index is 0.0184. The fraction of sp³-hybridized carbons (Fsp3) is 0.229. The van der Waals surface area contributed by atoms with Gasteiger partial charge in [0.1, 0.15) is 12.4 Å². The number of carbonyl (C=O) groups is 1. The molecule has 0 aromatic heterocycles. The topological polar surface area (TPSA) is 26.3 Å². The maximum Gasteiger partial charge on any atom is 0.204 e. The van der Waals surface area contributed by atoms with Crippen molar-refractivity contribution < 1.29 is 9.53 Å². The molecule has 4 aromatic carbocycles. The van der Waals surface area contributed by atoms with Crippen molar-refractivity contribution in [3.8, 4) is 28.3 Å². The summed E-state index contributed by atoms with van der Waals surface area (Å²) in [7, 11) is -2.47. The molecule has 3 heteroatoms. The Kier molecular flexibility index (Phi) is 6.09. The number of benzene rings is 4. The summed E-state index contributed by atoms with van der Waals surface area (Å²) in [5, 5.41) is 2.65. The second kappa shape index (κ2) is 9.46. The molecule has 0 N–H and O–H groups in total. The van der Waals surface area contributed by atoms with Crippen LogP contribution in [-0.4, -0.2) is 13.9 Å². The van der Waals surface area contributed by atoms with Crippen molar-refractivity contribution in [2.24, 2.45) is 0 Å². The molecule has 1 aliphatic carbocycles. The molecule has 6 rings (SSSR count). The molecular weight excluding hydrogens is 480 g/mol. The molecule has 0 bridgehead atoms. The Labute approximate surface area is 226 Å². The molecule has 188 valence electrons. The van der Waals surface area contributed by atoms with E-state index in [1.54, 1.807) is 0 Å². The lowest BCUT2D eigenvalue weighted by Crippen LogP contribution is -2.63. The van der Waals surface area contributed by atoms with Gasteiger partial charge in [0, 0.05) is 23.1 Å². The van der Waals surface area contributed by atoms with Gasteiger partial charge >= 0.3 is 0 Å². The molecule has 4 aromatic rings. The number of rotatable bonds is 2. The second-order valence-corrected chi connectivity index (χ2v) is 15.8. The highest BCUT2D eigenvalue weighted by molar-refractivity contribution is 7.10. The van der Waals surface area contributed by atoms with Crippen molar-refractivity contribution >= 4 is 24.2 Å². The van der Waals surface area contributed by atoms with E-state index in [4.69, 9.17) is 4.74 Å². The molecular formula is C35H32O2Si. The van der Waals surface area contributed by atoms with E-state index in [9.17, 15) is 4.79 Å². The first kappa shape index (κ1) is 24.5. The minimum Gasteiger partial charge on any atom is -0.488 e. The highest BCUT2D eigenvalue weighted by Crippen LogP contribution is 2.41. The van der Waals surface area contributed by atoms with Gasteiger partial charge in [0.15, 0.2) is 5.78 Å². The van der Waals surface area contributed by atoms with Gasteiger partial charge in [0.05, 0.1) is 0 Å². The van der Waals surface area contributed by atoms with Gasteiger partial charge in [-0.3, -0.25) is 4.79 Å². The van der Waals surface area contributed by atoms with Gasteiger partial charge in [-0.25, -0.2) is 0 Å². The number of Topliss-reactive ketones (excluding diaryl/α,β-unsaturated/α-hetero) is 1. The Morgan fingerprint density at radius 1 is 0.737 bits per heavy atom. The van der Waals surface area contributed by atoms with Crippen molar-refractivity contribution in [2.75, 3.05) is 0 Å². The van der Waals surface area contributed by atoms with Crippen molar-refractivity contribution in [1.82, 2.24) is 0 Å². The van der Waals surface area contributed by atoms with Gasteiger partial charge in [-0.2, -0.15) is 0 Å². The number of aryl methyl sites for hydroxylation is 1. The Bertz CT molecular complexity index is 1540. The van der Waals surface area contributed by atoms with Crippen LogP contribution in [0.2, 0.25) is 5.04 Å². The van der Waals surface area contributed by atoms with Crippen LogP contribution in [0.5, 0.6) is 5.75 Å². The van der Waals surface area contributed by atoms with Crippen LogP contribution in [-0.2, 0) is 13.0 Å². The fourth-order valence-corrected chi connectivity index (χ4v) is 10.6. The van der Waals surface area contributed by atoms with E-state index in [2.05, 4.69) is 117 Å². The van der Waals surface area contributed by atoms with Crippen LogP contribution in [0.15, 0.2) is 91.0 Å². The maximum atomic E-state index is 12.4. The van der Waals surface area contributed by atoms with Gasteiger partial charge in [0.25, 0.3) is 0 Å². The smallest absolute Gasteiger partial charge is 0.204 e. The van der Waals surface area contributed by atoms with Crippen molar-refractivity contribution in [1.29, 1.82) is 0 Å². The summed E-state index contributed by atoms with van der Waals surface area (Å²) in [6.45, 7) is 7.48. The molecule has 0 saturated carbocycles. The Morgan fingerprint density at radius 2 is 1.42 bits per heavy atom. The average molecular weight is 513 g/mol. The van der Waals surface area contributed by atoms with Gasteiger partial charge in [-0.15, -0.1) is 5.54 Å². The van der Waals surface area contributed by atoms with E-state index in [-0.39, 0.29) is 10.8 Å². The zero-order valence-corrected chi connectivity index (χ0v) is 23.3. The molecule has 0 atom stereocenters. The third-order valence-corrected chi connectivity index (χ3v) is 13.2. The number of hydrogen-bond acceptors (Lipinski definition) is 2. The Balaban J connectivity index is 1.45. The molecule has 0 radical (unpaired) electrons. The van der Waals surface area contributed by atoms with E-state index >= 15 is 0 Å². The van der Waals surface area contributed by atoms with Crippen LogP contribution in [0.3, 0.4) is 0 Å². The number of ketones is 1. The third kappa shape index (κ3) is 4.10. The summed E-state index contributed by atoms with van der Waals surface area (Å²) < 4.78 is 6.17. The van der Waals surface area contributed by atoms with E-state index in [1.165, 1.54) is 15.9 Å². The third-order valence-electron chi connectivity index (χ3n) is 8.07. The lowest BCUT2D eigenvalue weighted by molar-refractivity contribution is 0.0972. The summed E-state index contributed by atoms with van der Waals surface area (Å²) in [5.74, 6) is 4.68. The second-order valence-electron chi connectivity index (χ2n) is 11.4. The first-order valence-electron chi connectivity index (χ1n) is 13.5. The molecule has 0 spiro atoms. The Morgan fingerprint density at radius 3 is 2.08 bits per heavy atom.